The fraction of sp³-hybridized carbons (Fsp3) is 0.143. The number of hydrogen-bond donors (Lipinski definition) is 0. The summed E-state index contributed by atoms with van der Waals surface area (Å²) in [5.41, 5.74) is 0.716. The first-order valence-electron chi connectivity index (χ1n) is 6.51. The molecule has 0 aliphatic carbocycles. The number of hydrogen-bond acceptors (Lipinski definition) is 6. The second-order valence-electron chi connectivity index (χ2n) is 4.68. The number of carbonyl (C=O) groups is 1. The number of nitro groups is 1. The zero-order chi connectivity index (χ0) is 16.6. The summed E-state index contributed by atoms with van der Waals surface area (Å²) >= 11 is 4.31. The highest BCUT2D eigenvalue weighted by molar-refractivity contribution is 9.10. The van der Waals surface area contributed by atoms with Gasteiger partial charge in [-0.3, -0.25) is 14.9 Å². The third-order valence-corrected chi connectivity index (χ3v) is 4.69. The summed E-state index contributed by atoms with van der Waals surface area (Å²) in [6.07, 6.45) is -0.787. The largest absolute Gasteiger partial charge is 0.445 e. The maximum Gasteiger partial charge on any atom is 0.324 e. The topological polar surface area (TPSA) is 85.0 Å². The van der Waals surface area contributed by atoms with Gasteiger partial charge in [0.15, 0.2) is 0 Å². The quantitative estimate of drug-likeness (QED) is 0.586. The molecule has 23 heavy (non-hydrogen) atoms. The SMILES string of the molecule is CC(=O)N1N=C(c2ccc(Br)cc2)O[C@@H]1c1ccc([N+](=O)[O-])s1. The maximum atomic E-state index is 11.8. The Morgan fingerprint density at radius 2 is 2.04 bits per heavy atom. The number of nitrogens with zero attached hydrogens (tertiary/aromatic N) is 3. The van der Waals surface area contributed by atoms with Crippen LogP contribution in [-0.4, -0.2) is 21.7 Å². The smallest absolute Gasteiger partial charge is 0.324 e. The minimum atomic E-state index is -0.787. The number of benzene rings is 1. The Morgan fingerprint density at radius 3 is 2.61 bits per heavy atom. The van der Waals surface area contributed by atoms with Gasteiger partial charge >= 0.3 is 5.00 Å². The maximum absolute atomic E-state index is 11.8. The van der Waals surface area contributed by atoms with Gasteiger partial charge in [-0.2, -0.15) is 5.01 Å². The first-order valence-corrected chi connectivity index (χ1v) is 8.12. The average Bonchev–Trinajstić information content (AvgIpc) is 3.14. The van der Waals surface area contributed by atoms with Gasteiger partial charge in [0, 0.05) is 23.0 Å². The fourth-order valence-corrected chi connectivity index (χ4v) is 3.14. The highest BCUT2D eigenvalue weighted by atomic mass is 79.9. The molecule has 1 atom stereocenters. The van der Waals surface area contributed by atoms with Crippen LogP contribution in [0, 0.1) is 10.1 Å². The molecule has 0 saturated carbocycles. The molecule has 1 aromatic heterocycles. The van der Waals surface area contributed by atoms with E-state index in [0.717, 1.165) is 15.8 Å². The van der Waals surface area contributed by atoms with Crippen molar-refractivity contribution in [2.75, 3.05) is 0 Å². The van der Waals surface area contributed by atoms with Crippen molar-refractivity contribution in [2.24, 2.45) is 5.10 Å². The molecule has 0 fully saturated rings. The predicted octanol–water partition coefficient (Wildman–Crippen LogP) is 3.66. The molecule has 0 bridgehead atoms. The van der Waals surface area contributed by atoms with E-state index in [1.807, 2.05) is 12.1 Å². The molecule has 3 rings (SSSR count). The second-order valence-corrected chi connectivity index (χ2v) is 6.69. The van der Waals surface area contributed by atoms with Crippen molar-refractivity contribution >= 4 is 44.1 Å². The van der Waals surface area contributed by atoms with E-state index in [-0.39, 0.29) is 10.9 Å². The molecule has 2 aromatic rings. The lowest BCUT2D eigenvalue weighted by Crippen LogP contribution is -2.24. The number of ether oxygens (including phenoxy) is 1. The molecule has 7 nitrogen and oxygen atoms in total. The van der Waals surface area contributed by atoms with Gasteiger partial charge < -0.3 is 4.74 Å². The third-order valence-electron chi connectivity index (χ3n) is 3.09. The van der Waals surface area contributed by atoms with E-state index in [1.165, 1.54) is 18.0 Å². The lowest BCUT2D eigenvalue weighted by Gasteiger charge is -2.17. The van der Waals surface area contributed by atoms with Gasteiger partial charge in [-0.15, -0.1) is 5.10 Å². The minimum Gasteiger partial charge on any atom is -0.445 e. The zero-order valence-corrected chi connectivity index (χ0v) is 14.2. The highest BCUT2D eigenvalue weighted by Gasteiger charge is 2.35. The highest BCUT2D eigenvalue weighted by Crippen LogP contribution is 2.36. The van der Waals surface area contributed by atoms with Crippen molar-refractivity contribution < 1.29 is 14.5 Å². The molecule has 1 aliphatic rings. The number of thiophene rings is 1. The van der Waals surface area contributed by atoms with Gasteiger partial charge in [0.25, 0.3) is 0 Å². The van der Waals surface area contributed by atoms with Crippen molar-refractivity contribution in [1.82, 2.24) is 5.01 Å². The van der Waals surface area contributed by atoms with Crippen LogP contribution >= 0.6 is 27.3 Å². The summed E-state index contributed by atoms with van der Waals surface area (Å²) in [5.74, 6) is -0.00748. The monoisotopic (exact) mass is 395 g/mol. The summed E-state index contributed by atoms with van der Waals surface area (Å²) in [5, 5.41) is 16.2. The number of halogens is 1. The van der Waals surface area contributed by atoms with Crippen molar-refractivity contribution in [1.29, 1.82) is 0 Å². The molecule has 0 saturated heterocycles. The molecule has 9 heteroatoms. The number of rotatable bonds is 3. The molecule has 1 aliphatic heterocycles. The Hall–Kier alpha value is -2.26. The molecule has 1 aromatic carbocycles. The van der Waals surface area contributed by atoms with Gasteiger partial charge in [0.2, 0.25) is 18.0 Å². The van der Waals surface area contributed by atoms with Gasteiger partial charge in [0.05, 0.1) is 9.80 Å². The summed E-state index contributed by atoms with van der Waals surface area (Å²) < 4.78 is 6.68. The molecule has 2 heterocycles. The summed E-state index contributed by atoms with van der Waals surface area (Å²) in [7, 11) is 0. The molecular formula is C14H10BrN3O4S. The fourth-order valence-electron chi connectivity index (χ4n) is 2.03. The number of hydrazone groups is 1. The summed E-state index contributed by atoms with van der Waals surface area (Å²) in [6, 6.07) is 10.2. The third kappa shape index (κ3) is 3.10. The van der Waals surface area contributed by atoms with Gasteiger partial charge in [0.1, 0.15) is 0 Å². The lowest BCUT2D eigenvalue weighted by atomic mass is 10.2. The molecule has 0 unspecified atom stereocenters. The number of carbonyl (C=O) groups excluding carboxylic acids is 1. The van der Waals surface area contributed by atoms with E-state index < -0.39 is 11.2 Å². The first kappa shape index (κ1) is 15.6. The van der Waals surface area contributed by atoms with Crippen molar-refractivity contribution in [3.05, 3.63) is 61.4 Å². The molecule has 0 radical (unpaired) electrons. The Bertz CT molecular complexity index is 803. The van der Waals surface area contributed by atoms with Gasteiger partial charge in [-0.25, -0.2) is 0 Å². The molecule has 118 valence electrons. The van der Waals surface area contributed by atoms with Crippen LogP contribution in [0.2, 0.25) is 0 Å². The summed E-state index contributed by atoms with van der Waals surface area (Å²) in [4.78, 5) is 22.7. The van der Waals surface area contributed by atoms with E-state index >= 15 is 0 Å². The van der Waals surface area contributed by atoms with Crippen molar-refractivity contribution in [3.8, 4) is 0 Å². The molecule has 0 spiro atoms. The Labute approximate surface area is 143 Å². The van der Waals surface area contributed by atoms with Crippen LogP contribution in [0.25, 0.3) is 0 Å². The second kappa shape index (κ2) is 6.09. The average molecular weight is 396 g/mol. The van der Waals surface area contributed by atoms with Crippen LogP contribution in [0.1, 0.15) is 23.6 Å². The Morgan fingerprint density at radius 1 is 1.35 bits per heavy atom. The van der Waals surface area contributed by atoms with Gasteiger partial charge in [-0.1, -0.05) is 27.3 Å². The Kier molecular flexibility index (Phi) is 4.14. The van der Waals surface area contributed by atoms with Crippen molar-refractivity contribution in [3.63, 3.8) is 0 Å². The van der Waals surface area contributed by atoms with Gasteiger partial charge in [-0.05, 0) is 30.3 Å². The summed E-state index contributed by atoms with van der Waals surface area (Å²) in [6.45, 7) is 1.37. The van der Waals surface area contributed by atoms with E-state index in [2.05, 4.69) is 21.0 Å². The van der Waals surface area contributed by atoms with E-state index in [0.29, 0.717) is 16.3 Å². The van der Waals surface area contributed by atoms with E-state index in [4.69, 9.17) is 4.74 Å². The molecular weight excluding hydrogens is 386 g/mol. The minimum absolute atomic E-state index is 0.0100. The normalized spacial score (nSPS) is 16.9. The zero-order valence-electron chi connectivity index (χ0n) is 11.8. The lowest BCUT2D eigenvalue weighted by molar-refractivity contribution is -0.380. The van der Waals surface area contributed by atoms with E-state index in [9.17, 15) is 14.9 Å². The van der Waals surface area contributed by atoms with Crippen LogP contribution in [0.15, 0.2) is 46.0 Å². The van der Waals surface area contributed by atoms with Crippen LogP contribution in [0.4, 0.5) is 5.00 Å². The van der Waals surface area contributed by atoms with Crippen LogP contribution in [-0.2, 0) is 9.53 Å². The standard InChI is InChI=1S/C14H10BrN3O4S/c1-8(19)17-14(11-6-7-12(23-11)18(20)21)22-13(16-17)9-2-4-10(15)5-3-9/h2-7,14H,1H3/t14-/m1/s1. The van der Waals surface area contributed by atoms with Crippen LogP contribution < -0.4 is 0 Å². The molecule has 1 amide bonds. The predicted molar refractivity (Wildman–Crippen MR) is 88.0 cm³/mol. The van der Waals surface area contributed by atoms with Crippen molar-refractivity contribution in [2.45, 2.75) is 13.2 Å². The number of amides is 1. The van der Waals surface area contributed by atoms with Crippen LogP contribution in [0.3, 0.4) is 0 Å². The first-order chi connectivity index (χ1) is 11.0. The Balaban J connectivity index is 1.91. The molecule has 0 N–H and O–H groups in total. The van der Waals surface area contributed by atoms with E-state index in [1.54, 1.807) is 18.2 Å². The van der Waals surface area contributed by atoms with Crippen LogP contribution in [0.5, 0.6) is 0 Å².